The van der Waals surface area contributed by atoms with Crippen molar-refractivity contribution in [2.45, 2.75) is 39.2 Å². The number of imidazole rings is 1. The van der Waals surface area contributed by atoms with E-state index in [1.165, 1.54) is 11.1 Å². The summed E-state index contributed by atoms with van der Waals surface area (Å²) >= 11 is 2.33. The van der Waals surface area contributed by atoms with Crippen LogP contribution in [0.2, 0.25) is 0 Å². The van der Waals surface area contributed by atoms with Gasteiger partial charge in [0, 0.05) is 23.1 Å². The molecule has 1 aromatic carbocycles. The summed E-state index contributed by atoms with van der Waals surface area (Å²) in [5, 5.41) is 0. The van der Waals surface area contributed by atoms with Crippen LogP contribution in [0.25, 0.3) is 11.2 Å². The van der Waals surface area contributed by atoms with E-state index in [4.69, 9.17) is 5.73 Å². The lowest BCUT2D eigenvalue weighted by Crippen LogP contribution is -2.29. The zero-order valence-electron chi connectivity index (χ0n) is 16.5. The zero-order valence-corrected chi connectivity index (χ0v) is 19.4. The van der Waals surface area contributed by atoms with Crippen LogP contribution in [0.3, 0.4) is 0 Å². The fourth-order valence-corrected chi connectivity index (χ4v) is 5.10. The van der Waals surface area contributed by atoms with Crippen molar-refractivity contribution in [2.24, 2.45) is 0 Å². The monoisotopic (exact) mass is 544 g/mol. The molecule has 2 aromatic heterocycles. The molecule has 0 bridgehead atoms. The quantitative estimate of drug-likeness (QED) is 0.348. The van der Waals surface area contributed by atoms with Crippen LogP contribution < -0.4 is 10.5 Å². The van der Waals surface area contributed by atoms with Gasteiger partial charge in [0.2, 0.25) is 10.0 Å². The first kappa shape index (κ1) is 21.4. The maximum absolute atomic E-state index is 13.8. The van der Waals surface area contributed by atoms with Crippen molar-refractivity contribution in [1.82, 2.24) is 24.2 Å². The zero-order chi connectivity index (χ0) is 21.5. The van der Waals surface area contributed by atoms with Crippen molar-refractivity contribution >= 4 is 49.6 Å². The summed E-state index contributed by atoms with van der Waals surface area (Å²) in [5.74, 6) is 0.597. The number of anilines is 1. The molecule has 30 heavy (non-hydrogen) atoms. The molecule has 1 aliphatic carbocycles. The van der Waals surface area contributed by atoms with E-state index in [0.29, 0.717) is 17.8 Å². The van der Waals surface area contributed by atoms with Crippen molar-refractivity contribution in [3.8, 4) is 0 Å². The molecule has 1 aliphatic rings. The average Bonchev–Trinajstić information content (AvgIpc) is 3.27. The van der Waals surface area contributed by atoms with Crippen LogP contribution in [-0.2, 0) is 35.8 Å². The smallest absolute Gasteiger partial charge is 0.312 e. The van der Waals surface area contributed by atoms with E-state index < -0.39 is 16.1 Å². The first-order valence-corrected chi connectivity index (χ1v) is 12.5. The molecular weight excluding hydrogens is 522 g/mol. The van der Waals surface area contributed by atoms with Crippen molar-refractivity contribution in [3.63, 3.8) is 0 Å². The molecule has 0 amide bonds. The Hall–Kier alpha value is -1.86. The number of sulfonamides is 1. The fourth-order valence-electron chi connectivity index (χ4n) is 3.78. The van der Waals surface area contributed by atoms with Crippen LogP contribution in [0.1, 0.15) is 35.9 Å². The summed E-state index contributed by atoms with van der Waals surface area (Å²) in [4.78, 5) is 12.0. The number of fused-ring (bicyclic) bond motifs is 2. The van der Waals surface area contributed by atoms with Crippen molar-refractivity contribution in [1.29, 1.82) is 0 Å². The number of halogens is 2. The number of hydrogen-bond acceptors (Lipinski definition) is 6. The number of rotatable bonds is 7. The second-order valence-electron chi connectivity index (χ2n) is 7.27. The molecule has 2 heterocycles. The Morgan fingerprint density at radius 1 is 1.23 bits per heavy atom. The fraction of sp³-hybridized carbons (Fsp3) is 0.421. The minimum atomic E-state index is -3.34. The van der Waals surface area contributed by atoms with Crippen molar-refractivity contribution in [2.75, 3.05) is 18.0 Å². The maximum Gasteiger partial charge on any atom is 0.312 e. The molecule has 160 valence electrons. The Morgan fingerprint density at radius 2 is 1.97 bits per heavy atom. The number of nitrogens with one attached hydrogen (secondary N) is 1. The molecule has 0 unspecified atom stereocenters. The molecule has 8 nitrogen and oxygen atoms in total. The highest BCUT2D eigenvalue weighted by Crippen LogP contribution is 2.29. The van der Waals surface area contributed by atoms with Gasteiger partial charge in [-0.1, -0.05) is 6.07 Å². The first-order valence-electron chi connectivity index (χ1n) is 9.73. The van der Waals surface area contributed by atoms with E-state index in [1.807, 2.05) is 0 Å². The summed E-state index contributed by atoms with van der Waals surface area (Å²) in [6, 6.07) is 4.43. The van der Waals surface area contributed by atoms with Crippen LogP contribution in [0.4, 0.5) is 10.2 Å². The standard InChI is InChI=1S/C19H22FIN6O2S/c1-2-30(28,29)23-6-7-27-15(24-16-17(22)25-19(20)26-18(16)27)10-13-8-11-4-3-5-12(11)9-14(13)21/h8-9,23H,2-7,10H2,1H3,(H2,22,25,26). The van der Waals surface area contributed by atoms with E-state index in [9.17, 15) is 12.8 Å². The van der Waals surface area contributed by atoms with Gasteiger partial charge in [0.1, 0.15) is 5.82 Å². The van der Waals surface area contributed by atoms with Gasteiger partial charge in [-0.3, -0.25) is 0 Å². The van der Waals surface area contributed by atoms with Gasteiger partial charge in [-0.2, -0.15) is 14.4 Å². The van der Waals surface area contributed by atoms with Crippen molar-refractivity contribution < 1.29 is 12.8 Å². The lowest BCUT2D eigenvalue weighted by molar-refractivity contribution is 0.540. The molecule has 0 saturated heterocycles. The summed E-state index contributed by atoms with van der Waals surface area (Å²) in [7, 11) is -3.34. The SMILES string of the molecule is CCS(=O)(=O)NCCn1c(Cc2cc3c(cc2I)CCC3)nc2c(N)nc(F)nc21. The predicted octanol–water partition coefficient (Wildman–Crippen LogP) is 2.17. The minimum Gasteiger partial charge on any atom is -0.382 e. The highest BCUT2D eigenvalue weighted by Gasteiger charge is 2.20. The highest BCUT2D eigenvalue weighted by molar-refractivity contribution is 14.1. The highest BCUT2D eigenvalue weighted by atomic mass is 127. The largest absolute Gasteiger partial charge is 0.382 e. The second kappa shape index (κ2) is 8.35. The molecule has 0 atom stereocenters. The van der Waals surface area contributed by atoms with E-state index in [2.05, 4.69) is 54.4 Å². The number of aromatic nitrogens is 4. The van der Waals surface area contributed by atoms with Gasteiger partial charge in [0.05, 0.1) is 5.75 Å². The Labute approximate surface area is 187 Å². The van der Waals surface area contributed by atoms with Gasteiger partial charge in [-0.25, -0.2) is 18.1 Å². The summed E-state index contributed by atoms with van der Waals surface area (Å²) in [6.07, 6.45) is 2.90. The summed E-state index contributed by atoms with van der Waals surface area (Å²) in [5.41, 5.74) is 10.3. The maximum atomic E-state index is 13.8. The molecule has 3 N–H and O–H groups in total. The van der Waals surface area contributed by atoms with Gasteiger partial charge in [-0.15, -0.1) is 0 Å². The molecular formula is C19H22FIN6O2S. The second-order valence-corrected chi connectivity index (χ2v) is 10.5. The lowest BCUT2D eigenvalue weighted by atomic mass is 10.0. The number of nitrogen functional groups attached to an aromatic ring is 1. The lowest BCUT2D eigenvalue weighted by Gasteiger charge is -2.12. The van der Waals surface area contributed by atoms with Crippen LogP contribution >= 0.6 is 22.6 Å². The average molecular weight is 544 g/mol. The van der Waals surface area contributed by atoms with E-state index in [1.54, 1.807) is 11.5 Å². The third-order valence-corrected chi connectivity index (χ3v) is 7.73. The number of nitrogens with two attached hydrogens (primary N) is 1. The number of nitrogens with zero attached hydrogens (tertiary/aromatic N) is 4. The molecule has 0 aliphatic heterocycles. The van der Waals surface area contributed by atoms with Crippen molar-refractivity contribution in [3.05, 3.63) is 44.3 Å². The minimum absolute atomic E-state index is 0.0123. The third kappa shape index (κ3) is 4.28. The summed E-state index contributed by atoms with van der Waals surface area (Å²) in [6.45, 7) is 1.96. The van der Waals surface area contributed by atoms with Crippen LogP contribution in [0.5, 0.6) is 0 Å². The van der Waals surface area contributed by atoms with Crippen LogP contribution in [-0.4, -0.2) is 40.2 Å². The van der Waals surface area contributed by atoms with Gasteiger partial charge in [0.15, 0.2) is 17.0 Å². The molecule has 0 spiro atoms. The first-order chi connectivity index (χ1) is 14.3. The molecule has 11 heteroatoms. The predicted molar refractivity (Wildman–Crippen MR) is 121 cm³/mol. The van der Waals surface area contributed by atoms with Gasteiger partial charge in [0.25, 0.3) is 0 Å². The van der Waals surface area contributed by atoms with Crippen LogP contribution in [0, 0.1) is 9.65 Å². The van der Waals surface area contributed by atoms with Gasteiger partial charge >= 0.3 is 6.08 Å². The number of aryl methyl sites for hydroxylation is 2. The Morgan fingerprint density at radius 3 is 2.70 bits per heavy atom. The number of benzene rings is 1. The van der Waals surface area contributed by atoms with Crippen LogP contribution in [0.15, 0.2) is 12.1 Å². The molecule has 0 radical (unpaired) electrons. The van der Waals surface area contributed by atoms with E-state index in [0.717, 1.165) is 28.4 Å². The Balaban J connectivity index is 1.72. The molecule has 0 fully saturated rings. The molecule has 4 rings (SSSR count). The normalized spacial score (nSPS) is 13.8. The Kier molecular flexibility index (Phi) is 5.95. The van der Waals surface area contributed by atoms with Gasteiger partial charge < -0.3 is 10.3 Å². The number of hydrogen-bond donors (Lipinski definition) is 2. The summed E-state index contributed by atoms with van der Waals surface area (Å²) < 4.78 is 42.8. The third-order valence-electron chi connectivity index (χ3n) is 5.32. The molecule has 0 saturated carbocycles. The van der Waals surface area contributed by atoms with E-state index >= 15 is 0 Å². The molecule has 3 aromatic rings. The van der Waals surface area contributed by atoms with E-state index in [-0.39, 0.29) is 30.3 Å². The van der Waals surface area contributed by atoms with Gasteiger partial charge in [-0.05, 0) is 71.5 Å². The topological polar surface area (TPSA) is 116 Å². The Bertz CT molecular complexity index is 1230.